The molecular weight excluding hydrogens is 468 g/mol. The number of benzene rings is 2. The Hall–Kier alpha value is -2.71. The van der Waals surface area contributed by atoms with Crippen LogP contribution in [0.2, 0.25) is 0 Å². The number of ether oxygens (including phenoxy) is 2. The lowest BCUT2D eigenvalue weighted by Crippen LogP contribution is -2.44. The first-order chi connectivity index (χ1) is 16.6. The normalized spacial score (nSPS) is 17.3. The molecule has 0 amide bonds. The molecule has 2 unspecified atom stereocenters. The van der Waals surface area contributed by atoms with Crippen LogP contribution in [0.4, 0.5) is 0 Å². The van der Waals surface area contributed by atoms with E-state index in [0.717, 1.165) is 55.9 Å². The second kappa shape index (κ2) is 11.4. The van der Waals surface area contributed by atoms with E-state index >= 15 is 0 Å². The highest BCUT2D eigenvalue weighted by Crippen LogP contribution is 2.39. The van der Waals surface area contributed by atoms with Crippen LogP contribution >= 0.6 is 0 Å². The summed E-state index contributed by atoms with van der Waals surface area (Å²) in [6, 6.07) is 13.9. The van der Waals surface area contributed by atoms with E-state index in [1.807, 2.05) is 38.1 Å². The van der Waals surface area contributed by atoms with Crippen LogP contribution in [-0.4, -0.2) is 34.1 Å². The van der Waals surface area contributed by atoms with Gasteiger partial charge in [-0.15, -0.1) is 0 Å². The van der Waals surface area contributed by atoms with Crippen molar-refractivity contribution >= 4 is 22.1 Å². The predicted octanol–water partition coefficient (Wildman–Crippen LogP) is 5.05. The van der Waals surface area contributed by atoms with Gasteiger partial charge in [-0.1, -0.05) is 66.8 Å². The van der Waals surface area contributed by atoms with Gasteiger partial charge in [0.2, 0.25) is 0 Å². The molecular formula is C27H34O7S. The summed E-state index contributed by atoms with van der Waals surface area (Å²) in [6.45, 7) is 4.36. The van der Waals surface area contributed by atoms with Crippen LogP contribution in [0.5, 0.6) is 0 Å². The van der Waals surface area contributed by atoms with Crippen molar-refractivity contribution < 1.29 is 31.7 Å². The number of carbonyl (C=O) groups is 2. The maximum Gasteiger partial charge on any atom is 0.326 e. The third-order valence-electron chi connectivity index (χ3n) is 6.62. The van der Waals surface area contributed by atoms with Crippen molar-refractivity contribution in [2.24, 2.45) is 11.3 Å². The van der Waals surface area contributed by atoms with Crippen LogP contribution in [0.1, 0.15) is 61.8 Å². The number of rotatable bonds is 9. The van der Waals surface area contributed by atoms with Crippen LogP contribution in [0.3, 0.4) is 0 Å². The fraction of sp³-hybridized carbons (Fsp3) is 0.481. The number of carbonyl (C=O) groups excluding carboxylic acids is 2. The molecule has 35 heavy (non-hydrogen) atoms. The Kier molecular flexibility index (Phi) is 8.72. The van der Waals surface area contributed by atoms with Crippen molar-refractivity contribution in [1.29, 1.82) is 0 Å². The standard InChI is InChI=1S/C27H34O7S/c1-19-10-14-22(15-11-19)24(21-8-6-5-7-9-21)34-26(29)27(3,25(28)32-4)18-33-35(30,31)23-16-12-20(2)13-17-23/h10-17,21,24H,5-9,18H2,1-4H3. The van der Waals surface area contributed by atoms with E-state index in [2.05, 4.69) is 0 Å². The Balaban J connectivity index is 1.85. The third kappa shape index (κ3) is 6.49. The monoisotopic (exact) mass is 502 g/mol. The molecule has 0 heterocycles. The van der Waals surface area contributed by atoms with Gasteiger partial charge in [0.1, 0.15) is 6.10 Å². The molecule has 0 bridgehead atoms. The van der Waals surface area contributed by atoms with Gasteiger partial charge in [-0.25, -0.2) is 0 Å². The molecule has 0 radical (unpaired) electrons. The minimum absolute atomic E-state index is 0.0663. The minimum Gasteiger partial charge on any atom is -0.468 e. The van der Waals surface area contributed by atoms with Gasteiger partial charge >= 0.3 is 11.9 Å². The largest absolute Gasteiger partial charge is 0.468 e. The van der Waals surface area contributed by atoms with E-state index in [9.17, 15) is 18.0 Å². The molecule has 1 saturated carbocycles. The summed E-state index contributed by atoms with van der Waals surface area (Å²) in [5.41, 5.74) is 0.842. The van der Waals surface area contributed by atoms with Gasteiger partial charge in [-0.3, -0.25) is 13.8 Å². The maximum absolute atomic E-state index is 13.5. The Labute approximate surface area is 207 Å². The Bertz CT molecular complexity index is 1120. The zero-order valence-corrected chi connectivity index (χ0v) is 21.6. The first-order valence-corrected chi connectivity index (χ1v) is 13.3. The first kappa shape index (κ1) is 26.9. The molecule has 8 heteroatoms. The Morgan fingerprint density at radius 2 is 1.46 bits per heavy atom. The van der Waals surface area contributed by atoms with Crippen molar-refractivity contribution in [1.82, 2.24) is 0 Å². The Morgan fingerprint density at radius 3 is 2.00 bits per heavy atom. The summed E-state index contributed by atoms with van der Waals surface area (Å²) < 4.78 is 41.5. The third-order valence-corrected chi connectivity index (χ3v) is 7.89. The first-order valence-electron chi connectivity index (χ1n) is 11.9. The second-order valence-corrected chi connectivity index (χ2v) is 11.1. The van der Waals surface area contributed by atoms with Crippen molar-refractivity contribution in [3.63, 3.8) is 0 Å². The van der Waals surface area contributed by atoms with Crippen LogP contribution in [-0.2, 0) is 33.4 Å². The van der Waals surface area contributed by atoms with Crippen LogP contribution in [0.25, 0.3) is 0 Å². The number of methoxy groups -OCH3 is 1. The van der Waals surface area contributed by atoms with Gasteiger partial charge in [0.05, 0.1) is 18.6 Å². The van der Waals surface area contributed by atoms with Gasteiger partial charge < -0.3 is 9.47 Å². The van der Waals surface area contributed by atoms with Crippen LogP contribution in [0.15, 0.2) is 53.4 Å². The topological polar surface area (TPSA) is 96.0 Å². The molecule has 1 fully saturated rings. The van der Waals surface area contributed by atoms with Crippen molar-refractivity contribution in [2.45, 2.75) is 63.9 Å². The highest BCUT2D eigenvalue weighted by molar-refractivity contribution is 7.86. The molecule has 0 aliphatic heterocycles. The maximum atomic E-state index is 13.5. The molecule has 1 aliphatic rings. The van der Waals surface area contributed by atoms with Gasteiger partial charge in [0, 0.05) is 5.92 Å². The smallest absolute Gasteiger partial charge is 0.326 e. The van der Waals surface area contributed by atoms with Gasteiger partial charge in [0.15, 0.2) is 5.41 Å². The molecule has 7 nitrogen and oxygen atoms in total. The molecule has 0 aromatic heterocycles. The number of esters is 2. The summed E-state index contributed by atoms with van der Waals surface area (Å²) >= 11 is 0. The Morgan fingerprint density at radius 1 is 0.914 bits per heavy atom. The molecule has 190 valence electrons. The summed E-state index contributed by atoms with van der Waals surface area (Å²) in [6.07, 6.45) is 4.46. The van der Waals surface area contributed by atoms with E-state index in [0.29, 0.717) is 0 Å². The lowest BCUT2D eigenvalue weighted by Gasteiger charge is -2.33. The van der Waals surface area contributed by atoms with Crippen LogP contribution in [0, 0.1) is 25.2 Å². The highest BCUT2D eigenvalue weighted by atomic mass is 32.2. The molecule has 0 saturated heterocycles. The number of hydrogen-bond donors (Lipinski definition) is 0. The van der Waals surface area contributed by atoms with E-state index in [4.69, 9.17) is 13.7 Å². The molecule has 0 N–H and O–H groups in total. The molecule has 2 aromatic rings. The van der Waals surface area contributed by atoms with E-state index < -0.39 is 40.2 Å². The van der Waals surface area contributed by atoms with Crippen molar-refractivity contribution in [3.05, 3.63) is 65.2 Å². The lowest BCUT2D eigenvalue weighted by molar-refractivity contribution is -0.177. The SMILES string of the molecule is COC(=O)C(C)(COS(=O)(=O)c1ccc(C)cc1)C(=O)OC(c1ccc(C)cc1)C1CCCCC1. The quantitative estimate of drug-likeness (QED) is 0.269. The summed E-state index contributed by atoms with van der Waals surface area (Å²) in [5.74, 6) is -1.69. The van der Waals surface area contributed by atoms with Crippen molar-refractivity contribution in [2.75, 3.05) is 13.7 Å². The molecule has 2 aromatic carbocycles. The number of hydrogen-bond acceptors (Lipinski definition) is 7. The zero-order valence-electron chi connectivity index (χ0n) is 20.8. The lowest BCUT2D eigenvalue weighted by atomic mass is 9.82. The van der Waals surface area contributed by atoms with E-state index in [1.54, 1.807) is 12.1 Å². The second-order valence-electron chi connectivity index (χ2n) is 9.49. The van der Waals surface area contributed by atoms with Crippen LogP contribution < -0.4 is 0 Å². The molecule has 0 spiro atoms. The number of aryl methyl sites for hydroxylation is 2. The van der Waals surface area contributed by atoms with Gasteiger partial charge in [-0.05, 0) is 51.3 Å². The van der Waals surface area contributed by atoms with E-state index in [1.165, 1.54) is 19.1 Å². The minimum atomic E-state index is -4.21. The summed E-state index contributed by atoms with van der Waals surface area (Å²) in [4.78, 5) is 26.1. The van der Waals surface area contributed by atoms with Gasteiger partial charge in [-0.2, -0.15) is 8.42 Å². The molecule has 3 rings (SSSR count). The highest BCUT2D eigenvalue weighted by Gasteiger charge is 2.47. The summed E-state index contributed by atoms with van der Waals surface area (Å²) in [5, 5.41) is 0. The zero-order chi connectivity index (χ0) is 25.6. The van der Waals surface area contributed by atoms with Crippen molar-refractivity contribution in [3.8, 4) is 0 Å². The molecule has 1 aliphatic carbocycles. The fourth-order valence-electron chi connectivity index (χ4n) is 4.27. The fourth-order valence-corrected chi connectivity index (χ4v) is 5.27. The average molecular weight is 503 g/mol. The summed E-state index contributed by atoms with van der Waals surface area (Å²) in [7, 11) is -3.07. The molecule has 2 atom stereocenters. The predicted molar refractivity (Wildman–Crippen MR) is 131 cm³/mol. The van der Waals surface area contributed by atoms with Gasteiger partial charge in [0.25, 0.3) is 10.1 Å². The van der Waals surface area contributed by atoms with E-state index in [-0.39, 0.29) is 10.8 Å². The average Bonchev–Trinajstić information content (AvgIpc) is 2.86.